The van der Waals surface area contributed by atoms with Gasteiger partial charge in [-0.25, -0.2) is 0 Å². The van der Waals surface area contributed by atoms with Crippen molar-refractivity contribution in [3.8, 4) is 0 Å². The highest BCUT2D eigenvalue weighted by Crippen LogP contribution is 2.35. The van der Waals surface area contributed by atoms with Crippen LogP contribution in [-0.2, 0) is 4.79 Å². The summed E-state index contributed by atoms with van der Waals surface area (Å²) in [7, 11) is 0. The Kier molecular flexibility index (Phi) is 5.70. The molecule has 0 aromatic heterocycles. The van der Waals surface area contributed by atoms with Gasteiger partial charge in [0, 0.05) is 18.5 Å². The number of carbonyl (C=O) groups excluding carboxylic acids is 1. The van der Waals surface area contributed by atoms with Crippen molar-refractivity contribution in [2.45, 2.75) is 84.1 Å². The molecular weight excluding hydrogens is 260 g/mol. The van der Waals surface area contributed by atoms with Crippen LogP contribution in [0.3, 0.4) is 0 Å². The van der Waals surface area contributed by atoms with Crippen LogP contribution in [0.25, 0.3) is 0 Å². The summed E-state index contributed by atoms with van der Waals surface area (Å²) in [4.78, 5) is 14.9. The van der Waals surface area contributed by atoms with Gasteiger partial charge in [-0.15, -0.1) is 0 Å². The lowest BCUT2D eigenvalue weighted by Gasteiger charge is -2.48. The average Bonchev–Trinajstić information content (AvgIpc) is 2.45. The molecule has 122 valence electrons. The first-order valence-corrected chi connectivity index (χ1v) is 8.93. The summed E-state index contributed by atoms with van der Waals surface area (Å²) in [6.07, 6.45) is 11.2. The first kappa shape index (κ1) is 16.8. The third-order valence-electron chi connectivity index (χ3n) is 5.12. The number of nitrogens with one attached hydrogen (secondary N) is 1. The first-order chi connectivity index (χ1) is 9.91. The highest BCUT2D eigenvalue weighted by atomic mass is 16.1. The van der Waals surface area contributed by atoms with Gasteiger partial charge in [0.05, 0.1) is 0 Å². The van der Waals surface area contributed by atoms with Gasteiger partial charge >= 0.3 is 0 Å². The Labute approximate surface area is 130 Å². The molecule has 0 aromatic rings. The van der Waals surface area contributed by atoms with E-state index < -0.39 is 0 Å². The van der Waals surface area contributed by atoms with Gasteiger partial charge < -0.3 is 5.32 Å². The second kappa shape index (κ2) is 7.13. The fourth-order valence-electron chi connectivity index (χ4n) is 3.99. The number of piperidine rings is 1. The van der Waals surface area contributed by atoms with Crippen molar-refractivity contribution in [2.24, 2.45) is 5.41 Å². The minimum Gasteiger partial charge on any atom is -0.354 e. The zero-order valence-corrected chi connectivity index (χ0v) is 14.3. The first-order valence-electron chi connectivity index (χ1n) is 8.93. The lowest BCUT2D eigenvalue weighted by molar-refractivity contribution is -0.123. The SMILES string of the molecule is CC(C)(C)CC(=O)NCC1(N2CCCCC2)CCCCC1. The van der Waals surface area contributed by atoms with E-state index in [1.165, 1.54) is 64.5 Å². The van der Waals surface area contributed by atoms with Gasteiger partial charge in [0.2, 0.25) is 5.91 Å². The molecule has 0 unspecified atom stereocenters. The Morgan fingerprint density at radius 3 is 2.14 bits per heavy atom. The lowest BCUT2D eigenvalue weighted by atomic mass is 9.79. The van der Waals surface area contributed by atoms with Crippen LogP contribution < -0.4 is 5.32 Å². The molecule has 1 aliphatic carbocycles. The molecule has 1 saturated heterocycles. The lowest BCUT2D eigenvalue weighted by Crippen LogP contribution is -2.58. The summed E-state index contributed by atoms with van der Waals surface area (Å²) >= 11 is 0. The molecule has 1 amide bonds. The van der Waals surface area contributed by atoms with Crippen LogP contribution in [0.1, 0.15) is 78.6 Å². The summed E-state index contributed by atoms with van der Waals surface area (Å²) in [5, 5.41) is 3.27. The molecule has 0 radical (unpaired) electrons. The van der Waals surface area contributed by atoms with E-state index in [2.05, 4.69) is 31.0 Å². The highest BCUT2D eigenvalue weighted by molar-refractivity contribution is 5.76. The van der Waals surface area contributed by atoms with E-state index >= 15 is 0 Å². The van der Waals surface area contributed by atoms with Crippen LogP contribution in [0, 0.1) is 5.41 Å². The summed E-state index contributed by atoms with van der Waals surface area (Å²) in [5.41, 5.74) is 0.334. The Bertz CT molecular complexity index is 334. The van der Waals surface area contributed by atoms with Gasteiger partial charge in [-0.05, 0) is 44.2 Å². The number of nitrogens with zero attached hydrogens (tertiary/aromatic N) is 1. The topological polar surface area (TPSA) is 32.3 Å². The predicted octanol–water partition coefficient (Wildman–Crippen LogP) is 3.73. The van der Waals surface area contributed by atoms with Crippen molar-refractivity contribution < 1.29 is 4.79 Å². The molecule has 21 heavy (non-hydrogen) atoms. The Morgan fingerprint density at radius 1 is 1.00 bits per heavy atom. The van der Waals surface area contributed by atoms with Crippen LogP contribution >= 0.6 is 0 Å². The fraction of sp³-hybridized carbons (Fsp3) is 0.944. The zero-order chi connectivity index (χ0) is 15.3. The average molecular weight is 294 g/mol. The van der Waals surface area contributed by atoms with E-state index in [-0.39, 0.29) is 16.9 Å². The molecule has 1 saturated carbocycles. The maximum atomic E-state index is 12.2. The summed E-state index contributed by atoms with van der Waals surface area (Å²) in [6.45, 7) is 9.72. The Balaban J connectivity index is 1.94. The molecule has 3 heteroatoms. The van der Waals surface area contributed by atoms with E-state index in [9.17, 15) is 4.79 Å². The molecule has 1 N–H and O–H groups in total. The molecule has 2 rings (SSSR count). The molecule has 0 atom stereocenters. The van der Waals surface area contributed by atoms with Crippen LogP contribution in [0.5, 0.6) is 0 Å². The Morgan fingerprint density at radius 2 is 1.57 bits per heavy atom. The summed E-state index contributed by atoms with van der Waals surface area (Å²) < 4.78 is 0. The van der Waals surface area contributed by atoms with Gasteiger partial charge in [0.1, 0.15) is 0 Å². The predicted molar refractivity (Wildman–Crippen MR) is 88.3 cm³/mol. The smallest absolute Gasteiger partial charge is 0.220 e. The van der Waals surface area contributed by atoms with Gasteiger partial charge in [-0.1, -0.05) is 46.5 Å². The second-order valence-electron chi connectivity index (χ2n) is 8.35. The number of hydrogen-bond donors (Lipinski definition) is 1. The molecule has 1 aliphatic heterocycles. The summed E-state index contributed by atoms with van der Waals surface area (Å²) in [6, 6.07) is 0. The molecule has 0 aromatic carbocycles. The van der Waals surface area contributed by atoms with Crippen molar-refractivity contribution in [3.63, 3.8) is 0 Å². The minimum absolute atomic E-state index is 0.0783. The van der Waals surface area contributed by atoms with Gasteiger partial charge in [0.15, 0.2) is 0 Å². The normalized spacial score (nSPS) is 23.8. The third-order valence-corrected chi connectivity index (χ3v) is 5.12. The molecule has 2 aliphatic rings. The minimum atomic E-state index is 0.0783. The van der Waals surface area contributed by atoms with E-state index in [0.717, 1.165) is 6.54 Å². The summed E-state index contributed by atoms with van der Waals surface area (Å²) in [5.74, 6) is 0.226. The molecule has 2 fully saturated rings. The largest absolute Gasteiger partial charge is 0.354 e. The standard InChI is InChI=1S/C18H34N2O/c1-17(2,3)14-16(21)19-15-18(10-6-4-7-11-18)20-12-8-5-9-13-20/h4-15H2,1-3H3,(H,19,21). The van der Waals surface area contributed by atoms with Crippen LogP contribution in [0.2, 0.25) is 0 Å². The monoisotopic (exact) mass is 294 g/mol. The highest BCUT2D eigenvalue weighted by Gasteiger charge is 2.38. The molecule has 1 heterocycles. The molecule has 0 bridgehead atoms. The molecular formula is C18H34N2O. The maximum Gasteiger partial charge on any atom is 0.220 e. The Hall–Kier alpha value is -0.570. The van der Waals surface area contributed by atoms with E-state index in [1.54, 1.807) is 0 Å². The van der Waals surface area contributed by atoms with Crippen molar-refractivity contribution in [1.82, 2.24) is 10.2 Å². The van der Waals surface area contributed by atoms with Crippen LogP contribution in [0.4, 0.5) is 0 Å². The van der Waals surface area contributed by atoms with Crippen molar-refractivity contribution in [1.29, 1.82) is 0 Å². The van der Waals surface area contributed by atoms with Crippen molar-refractivity contribution in [3.05, 3.63) is 0 Å². The second-order valence-corrected chi connectivity index (χ2v) is 8.35. The van der Waals surface area contributed by atoms with Gasteiger partial charge in [-0.2, -0.15) is 0 Å². The quantitative estimate of drug-likeness (QED) is 0.857. The van der Waals surface area contributed by atoms with E-state index in [1.807, 2.05) is 0 Å². The number of carbonyl (C=O) groups is 1. The van der Waals surface area contributed by atoms with Crippen LogP contribution in [0.15, 0.2) is 0 Å². The molecule has 0 spiro atoms. The zero-order valence-electron chi connectivity index (χ0n) is 14.3. The number of likely N-dealkylation sites (tertiary alicyclic amines) is 1. The van der Waals surface area contributed by atoms with Gasteiger partial charge in [-0.3, -0.25) is 9.69 Å². The molecule has 3 nitrogen and oxygen atoms in total. The van der Waals surface area contributed by atoms with Crippen molar-refractivity contribution >= 4 is 5.91 Å². The maximum absolute atomic E-state index is 12.2. The van der Waals surface area contributed by atoms with Crippen molar-refractivity contribution in [2.75, 3.05) is 19.6 Å². The fourth-order valence-corrected chi connectivity index (χ4v) is 3.99. The van der Waals surface area contributed by atoms with Gasteiger partial charge in [0.25, 0.3) is 0 Å². The van der Waals surface area contributed by atoms with E-state index in [4.69, 9.17) is 0 Å². The number of hydrogen-bond acceptors (Lipinski definition) is 2. The van der Waals surface area contributed by atoms with E-state index in [0.29, 0.717) is 6.42 Å². The number of amides is 1. The number of rotatable bonds is 4. The van der Waals surface area contributed by atoms with Crippen LogP contribution in [-0.4, -0.2) is 36.0 Å². The third kappa shape index (κ3) is 4.98.